The predicted octanol–water partition coefficient (Wildman–Crippen LogP) is 2.46. The number of benzene rings is 1. The highest BCUT2D eigenvalue weighted by Gasteiger charge is 2.38. The second kappa shape index (κ2) is 7.76. The first-order valence-electron chi connectivity index (χ1n) is 8.95. The molecule has 6 nitrogen and oxygen atoms in total. The summed E-state index contributed by atoms with van der Waals surface area (Å²) in [5, 5.41) is 0. The molecule has 25 heavy (non-hydrogen) atoms. The molecule has 0 spiro atoms. The van der Waals surface area contributed by atoms with Crippen LogP contribution in [0.4, 0.5) is 5.69 Å². The molecule has 0 radical (unpaired) electrons. The Bertz CT molecular complexity index is 638. The smallest absolute Gasteiger partial charge is 0.228 e. The van der Waals surface area contributed by atoms with Crippen molar-refractivity contribution in [2.45, 2.75) is 32.1 Å². The summed E-state index contributed by atoms with van der Waals surface area (Å²) < 4.78 is 10.6. The van der Waals surface area contributed by atoms with Crippen molar-refractivity contribution in [2.24, 2.45) is 5.92 Å². The first-order valence-corrected chi connectivity index (χ1v) is 8.95. The third-order valence-corrected chi connectivity index (χ3v) is 5.07. The topological polar surface area (TPSA) is 59.1 Å². The Labute approximate surface area is 148 Å². The van der Waals surface area contributed by atoms with Crippen LogP contribution < -0.4 is 14.4 Å². The Morgan fingerprint density at radius 2 is 1.80 bits per heavy atom. The highest BCUT2D eigenvalue weighted by Crippen LogP contribution is 2.36. The van der Waals surface area contributed by atoms with E-state index in [0.717, 1.165) is 25.9 Å². The summed E-state index contributed by atoms with van der Waals surface area (Å²) in [5.41, 5.74) is 0.694. The van der Waals surface area contributed by atoms with E-state index in [-0.39, 0.29) is 24.2 Å². The predicted molar refractivity (Wildman–Crippen MR) is 95.1 cm³/mol. The van der Waals surface area contributed by atoms with Crippen molar-refractivity contribution in [3.8, 4) is 11.5 Å². The van der Waals surface area contributed by atoms with Gasteiger partial charge >= 0.3 is 0 Å². The van der Waals surface area contributed by atoms with Crippen LogP contribution in [-0.2, 0) is 9.59 Å². The lowest BCUT2D eigenvalue weighted by Gasteiger charge is -2.24. The summed E-state index contributed by atoms with van der Waals surface area (Å²) in [5.74, 6) is 1.07. The molecule has 0 aromatic heterocycles. The third-order valence-electron chi connectivity index (χ3n) is 5.07. The summed E-state index contributed by atoms with van der Waals surface area (Å²) >= 11 is 0. The maximum atomic E-state index is 12.8. The normalized spacial score (nSPS) is 21.2. The molecular weight excluding hydrogens is 320 g/mol. The fraction of sp³-hybridized carbons (Fsp3) is 0.579. The van der Waals surface area contributed by atoms with Crippen LogP contribution in [0, 0.1) is 5.92 Å². The SMILES string of the molecule is COc1ccc(N2CC(C(=O)N3CCCCCC3)CC2=O)c(OC)c1. The number of rotatable bonds is 4. The lowest BCUT2D eigenvalue weighted by atomic mass is 10.1. The van der Waals surface area contributed by atoms with E-state index in [4.69, 9.17) is 9.47 Å². The van der Waals surface area contributed by atoms with Crippen LogP contribution in [0.1, 0.15) is 32.1 Å². The van der Waals surface area contributed by atoms with E-state index in [1.165, 1.54) is 12.8 Å². The van der Waals surface area contributed by atoms with Gasteiger partial charge < -0.3 is 19.3 Å². The molecule has 1 unspecified atom stereocenters. The number of ether oxygens (including phenoxy) is 2. The van der Waals surface area contributed by atoms with Gasteiger partial charge in [0.15, 0.2) is 0 Å². The molecule has 1 atom stereocenters. The molecule has 1 aromatic carbocycles. The number of methoxy groups -OCH3 is 2. The van der Waals surface area contributed by atoms with Crippen LogP contribution in [0.3, 0.4) is 0 Å². The highest BCUT2D eigenvalue weighted by atomic mass is 16.5. The standard InChI is InChI=1S/C19H26N2O4/c1-24-15-7-8-16(17(12-15)25-2)21-13-14(11-18(21)22)19(23)20-9-5-3-4-6-10-20/h7-8,12,14H,3-6,9-11,13H2,1-2H3. The van der Waals surface area contributed by atoms with Crippen LogP contribution >= 0.6 is 0 Å². The fourth-order valence-corrected chi connectivity index (χ4v) is 3.66. The van der Waals surface area contributed by atoms with Gasteiger partial charge in [0.25, 0.3) is 0 Å². The molecule has 2 aliphatic rings. The minimum Gasteiger partial charge on any atom is -0.497 e. The Balaban J connectivity index is 1.75. The maximum absolute atomic E-state index is 12.8. The van der Waals surface area contributed by atoms with Gasteiger partial charge in [0.05, 0.1) is 25.8 Å². The van der Waals surface area contributed by atoms with Crippen molar-refractivity contribution in [1.29, 1.82) is 0 Å². The van der Waals surface area contributed by atoms with Gasteiger partial charge in [-0.15, -0.1) is 0 Å². The fourth-order valence-electron chi connectivity index (χ4n) is 3.66. The van der Waals surface area contributed by atoms with Crippen LogP contribution in [-0.4, -0.2) is 50.6 Å². The Morgan fingerprint density at radius 1 is 1.08 bits per heavy atom. The van der Waals surface area contributed by atoms with Crippen molar-refractivity contribution in [3.63, 3.8) is 0 Å². The monoisotopic (exact) mass is 346 g/mol. The molecule has 6 heteroatoms. The molecule has 0 aliphatic carbocycles. The molecule has 3 rings (SSSR count). The van der Waals surface area contributed by atoms with E-state index >= 15 is 0 Å². The first kappa shape index (κ1) is 17.6. The number of hydrogen-bond donors (Lipinski definition) is 0. The lowest BCUT2D eigenvalue weighted by Crippen LogP contribution is -2.38. The van der Waals surface area contributed by atoms with Gasteiger partial charge in [0.1, 0.15) is 11.5 Å². The number of amides is 2. The van der Waals surface area contributed by atoms with Crippen LogP contribution in [0.15, 0.2) is 18.2 Å². The molecule has 2 amide bonds. The van der Waals surface area contributed by atoms with Crippen molar-refractivity contribution >= 4 is 17.5 Å². The van der Waals surface area contributed by atoms with Gasteiger partial charge in [-0.3, -0.25) is 9.59 Å². The van der Waals surface area contributed by atoms with Gasteiger partial charge in [-0.1, -0.05) is 12.8 Å². The number of anilines is 1. The minimum atomic E-state index is -0.266. The summed E-state index contributed by atoms with van der Waals surface area (Å²) in [6, 6.07) is 5.37. The van der Waals surface area contributed by atoms with Crippen molar-refractivity contribution in [2.75, 3.05) is 38.8 Å². The molecule has 2 fully saturated rings. The summed E-state index contributed by atoms with van der Waals surface area (Å²) in [6.07, 6.45) is 4.75. The number of hydrogen-bond acceptors (Lipinski definition) is 4. The number of carbonyl (C=O) groups is 2. The lowest BCUT2D eigenvalue weighted by molar-refractivity contribution is -0.135. The highest BCUT2D eigenvalue weighted by molar-refractivity contribution is 6.01. The average molecular weight is 346 g/mol. The summed E-state index contributed by atoms with van der Waals surface area (Å²) in [4.78, 5) is 29.0. The molecule has 1 aromatic rings. The van der Waals surface area contributed by atoms with Crippen molar-refractivity contribution < 1.29 is 19.1 Å². The summed E-state index contributed by atoms with van der Waals surface area (Å²) in [6.45, 7) is 2.04. The first-order chi connectivity index (χ1) is 12.1. The average Bonchev–Trinajstić information content (AvgIpc) is 2.85. The summed E-state index contributed by atoms with van der Waals surface area (Å²) in [7, 11) is 3.16. The zero-order chi connectivity index (χ0) is 17.8. The van der Waals surface area contributed by atoms with E-state index in [1.807, 2.05) is 11.0 Å². The Kier molecular flexibility index (Phi) is 5.46. The molecule has 0 N–H and O–H groups in total. The second-order valence-corrected chi connectivity index (χ2v) is 6.68. The van der Waals surface area contributed by atoms with E-state index in [0.29, 0.717) is 23.7 Å². The molecule has 0 saturated carbocycles. The van der Waals surface area contributed by atoms with Gasteiger partial charge in [0, 0.05) is 32.1 Å². The quantitative estimate of drug-likeness (QED) is 0.840. The number of carbonyl (C=O) groups excluding carboxylic acids is 2. The molecule has 0 bridgehead atoms. The van der Waals surface area contributed by atoms with E-state index in [9.17, 15) is 9.59 Å². The largest absolute Gasteiger partial charge is 0.497 e. The van der Waals surface area contributed by atoms with Gasteiger partial charge in [-0.05, 0) is 25.0 Å². The maximum Gasteiger partial charge on any atom is 0.228 e. The van der Waals surface area contributed by atoms with Crippen molar-refractivity contribution in [3.05, 3.63) is 18.2 Å². The third kappa shape index (κ3) is 3.72. The van der Waals surface area contributed by atoms with E-state index in [2.05, 4.69) is 0 Å². The zero-order valence-corrected chi connectivity index (χ0v) is 15.0. The number of likely N-dealkylation sites (tertiary alicyclic amines) is 1. The molecule has 2 aliphatic heterocycles. The van der Waals surface area contributed by atoms with Gasteiger partial charge in [0.2, 0.25) is 11.8 Å². The van der Waals surface area contributed by atoms with Crippen LogP contribution in [0.25, 0.3) is 0 Å². The van der Waals surface area contributed by atoms with Crippen LogP contribution in [0.5, 0.6) is 11.5 Å². The molecule has 2 heterocycles. The Morgan fingerprint density at radius 3 is 2.44 bits per heavy atom. The Hall–Kier alpha value is -2.24. The van der Waals surface area contributed by atoms with E-state index in [1.54, 1.807) is 31.3 Å². The second-order valence-electron chi connectivity index (χ2n) is 6.68. The van der Waals surface area contributed by atoms with Gasteiger partial charge in [-0.25, -0.2) is 0 Å². The number of nitrogens with zero attached hydrogens (tertiary/aromatic N) is 2. The molecule has 136 valence electrons. The molecular formula is C19H26N2O4. The molecule has 2 saturated heterocycles. The van der Waals surface area contributed by atoms with E-state index < -0.39 is 0 Å². The van der Waals surface area contributed by atoms with Crippen molar-refractivity contribution in [1.82, 2.24) is 4.90 Å². The zero-order valence-electron chi connectivity index (χ0n) is 15.0. The minimum absolute atomic E-state index is 0.0309. The van der Waals surface area contributed by atoms with Gasteiger partial charge in [-0.2, -0.15) is 0 Å². The van der Waals surface area contributed by atoms with Crippen LogP contribution in [0.2, 0.25) is 0 Å².